The Morgan fingerprint density at radius 1 is 1.17 bits per heavy atom. The van der Waals surface area contributed by atoms with Gasteiger partial charge in [0, 0.05) is 11.6 Å². The molecule has 3 aromatic rings. The van der Waals surface area contributed by atoms with E-state index in [1.165, 1.54) is 11.2 Å². The third-order valence-electron chi connectivity index (χ3n) is 4.07. The number of carboxylic acids is 1. The number of rotatable bonds is 8. The average molecular weight is 416 g/mol. The van der Waals surface area contributed by atoms with Gasteiger partial charge in [0.15, 0.2) is 11.8 Å². The summed E-state index contributed by atoms with van der Waals surface area (Å²) in [6, 6.07) is 14.9. The van der Waals surface area contributed by atoms with Crippen molar-refractivity contribution in [2.24, 2.45) is 0 Å². The summed E-state index contributed by atoms with van der Waals surface area (Å²) in [6.07, 6.45) is -0.431. The van der Waals surface area contributed by atoms with Crippen LogP contribution in [0.3, 0.4) is 0 Å². The van der Waals surface area contributed by atoms with E-state index >= 15 is 0 Å². The van der Waals surface area contributed by atoms with Gasteiger partial charge in [0.1, 0.15) is 0 Å². The number of hydrazine groups is 1. The van der Waals surface area contributed by atoms with Crippen molar-refractivity contribution in [2.75, 3.05) is 6.54 Å². The second-order valence-corrected chi connectivity index (χ2v) is 6.67. The van der Waals surface area contributed by atoms with E-state index in [0.29, 0.717) is 5.02 Å². The topological polar surface area (TPSA) is 131 Å². The van der Waals surface area contributed by atoms with Crippen molar-refractivity contribution < 1.29 is 19.8 Å². The molecule has 4 N–H and O–H groups in total. The molecule has 0 aliphatic carbocycles. The minimum absolute atomic E-state index is 0.0381. The van der Waals surface area contributed by atoms with Gasteiger partial charge in [0.2, 0.25) is 0 Å². The number of hydrogen-bond donors (Lipinski definition) is 4. The van der Waals surface area contributed by atoms with Gasteiger partial charge in [0.05, 0.1) is 12.7 Å². The van der Waals surface area contributed by atoms with Crippen molar-refractivity contribution >= 4 is 23.5 Å². The summed E-state index contributed by atoms with van der Waals surface area (Å²) in [5, 5.41) is 30.2. The highest BCUT2D eigenvalue weighted by Gasteiger charge is 2.21. The van der Waals surface area contributed by atoms with Gasteiger partial charge in [-0.2, -0.15) is 15.4 Å². The highest BCUT2D eigenvalue weighted by Crippen LogP contribution is 2.23. The molecule has 1 amide bonds. The van der Waals surface area contributed by atoms with Crippen molar-refractivity contribution in [3.05, 3.63) is 71.0 Å². The number of aliphatic carboxylic acids is 1. The van der Waals surface area contributed by atoms with Crippen LogP contribution in [0.4, 0.5) is 0 Å². The third-order valence-corrected chi connectivity index (χ3v) is 4.31. The molecule has 150 valence electrons. The van der Waals surface area contributed by atoms with E-state index in [2.05, 4.69) is 20.8 Å². The lowest BCUT2D eigenvalue weighted by Gasteiger charge is -2.24. The highest BCUT2D eigenvalue weighted by atomic mass is 35.5. The first-order valence-electron chi connectivity index (χ1n) is 8.60. The summed E-state index contributed by atoms with van der Waals surface area (Å²) in [7, 11) is 0. The minimum Gasteiger partial charge on any atom is -0.479 e. The molecule has 0 saturated carbocycles. The predicted molar refractivity (Wildman–Crippen MR) is 105 cm³/mol. The molecule has 3 rings (SSSR count). The lowest BCUT2D eigenvalue weighted by molar-refractivity contribution is -0.148. The second kappa shape index (κ2) is 9.28. The number of nitrogens with one attached hydrogen (secondary N) is 2. The Balaban J connectivity index is 1.73. The van der Waals surface area contributed by atoms with Crippen LogP contribution >= 0.6 is 11.6 Å². The number of benzene rings is 2. The maximum atomic E-state index is 12.2. The van der Waals surface area contributed by atoms with Crippen LogP contribution in [0, 0.1) is 0 Å². The Morgan fingerprint density at radius 2 is 1.93 bits per heavy atom. The molecular formula is C19H18ClN5O4. The molecule has 0 aliphatic heterocycles. The number of halogens is 1. The molecule has 1 unspecified atom stereocenters. The van der Waals surface area contributed by atoms with Gasteiger partial charge >= 0.3 is 5.97 Å². The fourth-order valence-corrected chi connectivity index (χ4v) is 2.83. The molecule has 1 aromatic heterocycles. The van der Waals surface area contributed by atoms with Crippen molar-refractivity contribution in [1.82, 2.24) is 25.8 Å². The van der Waals surface area contributed by atoms with Gasteiger partial charge in [-0.25, -0.2) is 9.80 Å². The fourth-order valence-electron chi connectivity index (χ4n) is 2.64. The van der Waals surface area contributed by atoms with Crippen molar-refractivity contribution in [3.63, 3.8) is 0 Å². The molecule has 1 heterocycles. The van der Waals surface area contributed by atoms with Gasteiger partial charge in [-0.05, 0) is 28.8 Å². The van der Waals surface area contributed by atoms with E-state index in [0.717, 1.165) is 16.7 Å². The molecule has 0 radical (unpaired) electrons. The van der Waals surface area contributed by atoms with Crippen LogP contribution < -0.4 is 5.43 Å². The van der Waals surface area contributed by atoms with Gasteiger partial charge in [-0.1, -0.05) is 48.0 Å². The Labute approximate surface area is 170 Å². The number of aliphatic hydroxyl groups is 1. The number of aromatic amines is 1. The summed E-state index contributed by atoms with van der Waals surface area (Å²) in [4.78, 5) is 23.2. The number of carbonyl (C=O) groups is 2. The zero-order chi connectivity index (χ0) is 20.8. The summed E-state index contributed by atoms with van der Waals surface area (Å²) in [5.74, 6) is -1.96. The molecule has 29 heavy (non-hydrogen) atoms. The van der Waals surface area contributed by atoms with E-state index in [1.807, 2.05) is 42.5 Å². The summed E-state index contributed by atoms with van der Waals surface area (Å²) in [6.45, 7) is -0.140. The maximum Gasteiger partial charge on any atom is 0.333 e. The van der Waals surface area contributed by atoms with Gasteiger partial charge < -0.3 is 10.2 Å². The number of hydrogen-bond acceptors (Lipinski definition) is 6. The van der Waals surface area contributed by atoms with Gasteiger partial charge in [-0.3, -0.25) is 10.2 Å². The third kappa shape index (κ3) is 5.61. The summed E-state index contributed by atoms with van der Waals surface area (Å²) in [5.41, 5.74) is 5.29. The van der Waals surface area contributed by atoms with Crippen molar-refractivity contribution in [2.45, 2.75) is 12.6 Å². The van der Waals surface area contributed by atoms with Gasteiger partial charge in [0.25, 0.3) is 5.91 Å². The van der Waals surface area contributed by atoms with E-state index in [-0.39, 0.29) is 18.8 Å². The number of H-pyrrole nitrogens is 1. The maximum absolute atomic E-state index is 12.2. The monoisotopic (exact) mass is 415 g/mol. The Hall–Kier alpha value is -3.27. The molecule has 0 fully saturated rings. The van der Waals surface area contributed by atoms with Crippen LogP contribution in [-0.4, -0.2) is 55.2 Å². The minimum atomic E-state index is -1.67. The van der Waals surface area contributed by atoms with Crippen molar-refractivity contribution in [3.8, 4) is 11.1 Å². The van der Waals surface area contributed by atoms with E-state index in [9.17, 15) is 14.7 Å². The molecule has 0 spiro atoms. The molecule has 9 nitrogen and oxygen atoms in total. The first-order chi connectivity index (χ1) is 13.9. The van der Waals surface area contributed by atoms with E-state index in [4.69, 9.17) is 16.7 Å². The smallest absolute Gasteiger partial charge is 0.333 e. The molecule has 0 aliphatic rings. The van der Waals surface area contributed by atoms with Crippen LogP contribution in [-0.2, 0) is 11.3 Å². The Bertz CT molecular complexity index is 979. The van der Waals surface area contributed by atoms with Crippen LogP contribution in [0.2, 0.25) is 5.02 Å². The predicted octanol–water partition coefficient (Wildman–Crippen LogP) is 1.72. The largest absolute Gasteiger partial charge is 0.479 e. The number of amides is 1. The summed E-state index contributed by atoms with van der Waals surface area (Å²) >= 11 is 6.03. The summed E-state index contributed by atoms with van der Waals surface area (Å²) < 4.78 is 0. The molecule has 1 atom stereocenters. The average Bonchev–Trinajstić information content (AvgIpc) is 3.23. The van der Waals surface area contributed by atoms with Crippen LogP contribution in [0.25, 0.3) is 11.1 Å². The van der Waals surface area contributed by atoms with Crippen molar-refractivity contribution in [1.29, 1.82) is 0 Å². The molecular weight excluding hydrogens is 398 g/mol. The number of nitrogens with zero attached hydrogens (tertiary/aromatic N) is 3. The SMILES string of the molecule is O=C(NN(Cc1ccc(-c2cccc(Cl)c2)cc1)CC(O)C(=O)O)c1cn[nH]n1. The number of aliphatic hydroxyl groups excluding tert-OH is 1. The molecule has 2 aromatic carbocycles. The zero-order valence-electron chi connectivity index (χ0n) is 15.1. The Morgan fingerprint density at radius 3 is 2.55 bits per heavy atom. The standard InChI is InChI=1S/C19H18ClN5O4/c20-15-3-1-2-14(8-15)13-6-4-12(5-7-13)10-25(11-17(26)19(28)29)23-18(27)16-9-21-24-22-16/h1-9,17,26H,10-11H2,(H,23,27)(H,28,29)(H,21,22,24). The van der Waals surface area contributed by atoms with Gasteiger partial charge in [-0.15, -0.1) is 0 Å². The normalized spacial score (nSPS) is 12.0. The van der Waals surface area contributed by atoms with E-state index < -0.39 is 18.0 Å². The fraction of sp³-hybridized carbons (Fsp3) is 0.158. The Kier molecular flexibility index (Phi) is 6.55. The zero-order valence-corrected chi connectivity index (χ0v) is 15.9. The molecule has 10 heteroatoms. The second-order valence-electron chi connectivity index (χ2n) is 6.24. The number of carbonyl (C=O) groups excluding carboxylic acids is 1. The highest BCUT2D eigenvalue weighted by molar-refractivity contribution is 6.30. The number of carboxylic acid groups (broad SMARTS) is 1. The first kappa shape index (κ1) is 20.5. The lowest BCUT2D eigenvalue weighted by Crippen LogP contribution is -2.47. The van der Waals surface area contributed by atoms with Crippen LogP contribution in [0.5, 0.6) is 0 Å². The molecule has 0 saturated heterocycles. The van der Waals surface area contributed by atoms with E-state index in [1.54, 1.807) is 6.07 Å². The first-order valence-corrected chi connectivity index (χ1v) is 8.97. The van der Waals surface area contributed by atoms with Crippen LogP contribution in [0.15, 0.2) is 54.7 Å². The molecule has 0 bridgehead atoms. The quantitative estimate of drug-likeness (QED) is 0.412. The lowest BCUT2D eigenvalue weighted by atomic mass is 10.0. The number of aromatic nitrogens is 3. The van der Waals surface area contributed by atoms with Crippen LogP contribution in [0.1, 0.15) is 16.1 Å².